The summed E-state index contributed by atoms with van der Waals surface area (Å²) in [5, 5.41) is 12.3. The van der Waals surface area contributed by atoms with Gasteiger partial charge in [-0.1, -0.05) is 5.16 Å². The Bertz CT molecular complexity index is 445. The van der Waals surface area contributed by atoms with Crippen molar-refractivity contribution in [2.24, 2.45) is 0 Å². The van der Waals surface area contributed by atoms with Crippen molar-refractivity contribution >= 4 is 0 Å². The molecule has 5 heteroatoms. The summed E-state index contributed by atoms with van der Waals surface area (Å²) in [5.74, 6) is 2.18. The van der Waals surface area contributed by atoms with Gasteiger partial charge in [-0.2, -0.15) is 4.98 Å². The maximum atomic E-state index is 8.76. The van der Waals surface area contributed by atoms with Crippen LogP contribution in [0.1, 0.15) is 17.3 Å². The average molecular weight is 194 g/mol. The molecule has 2 aromatic heterocycles. The first kappa shape index (κ1) is 8.96. The van der Waals surface area contributed by atoms with Gasteiger partial charge in [0.2, 0.25) is 0 Å². The number of aromatic nitrogens is 2. The molecule has 0 spiro atoms. The second-order valence-electron chi connectivity index (χ2n) is 3.00. The Morgan fingerprint density at radius 2 is 2.21 bits per heavy atom. The molecule has 2 aromatic rings. The highest BCUT2D eigenvalue weighted by molar-refractivity contribution is 5.55. The molecule has 5 nitrogen and oxygen atoms in total. The fraction of sp³-hybridized carbons (Fsp3) is 0.333. The summed E-state index contributed by atoms with van der Waals surface area (Å²) in [6.07, 6.45) is 0. The Balaban J connectivity index is 2.43. The number of rotatable bonds is 2. The van der Waals surface area contributed by atoms with E-state index in [0.29, 0.717) is 5.89 Å². The summed E-state index contributed by atoms with van der Waals surface area (Å²) in [6.45, 7) is 3.45. The number of aliphatic hydroxyl groups is 1. The van der Waals surface area contributed by atoms with Crippen molar-refractivity contribution in [1.29, 1.82) is 0 Å². The lowest BCUT2D eigenvalue weighted by Crippen LogP contribution is -1.84. The second-order valence-corrected chi connectivity index (χ2v) is 3.00. The van der Waals surface area contributed by atoms with Crippen molar-refractivity contribution in [3.05, 3.63) is 23.4 Å². The lowest BCUT2D eigenvalue weighted by atomic mass is 10.2. The summed E-state index contributed by atoms with van der Waals surface area (Å²) in [5.41, 5.74) is 0.773. The Kier molecular flexibility index (Phi) is 2.09. The number of hydrogen-bond donors (Lipinski definition) is 1. The van der Waals surface area contributed by atoms with Crippen LogP contribution >= 0.6 is 0 Å². The molecular weight excluding hydrogens is 184 g/mol. The average Bonchev–Trinajstić information content (AvgIpc) is 2.71. The standard InChI is InChI=1S/C9H10N2O3/c1-5-3-7(6(2)13-5)9-10-8(4-12)11-14-9/h3,12H,4H2,1-2H3. The predicted molar refractivity (Wildman–Crippen MR) is 47.4 cm³/mol. The van der Waals surface area contributed by atoms with E-state index in [1.165, 1.54) is 0 Å². The molecule has 0 amide bonds. The van der Waals surface area contributed by atoms with Gasteiger partial charge >= 0.3 is 0 Å². The second kappa shape index (κ2) is 3.26. The van der Waals surface area contributed by atoms with Gasteiger partial charge in [0.25, 0.3) is 5.89 Å². The minimum atomic E-state index is -0.223. The third kappa shape index (κ3) is 1.42. The van der Waals surface area contributed by atoms with Crippen LogP contribution in [-0.2, 0) is 6.61 Å². The first-order chi connectivity index (χ1) is 6.70. The molecule has 0 aromatic carbocycles. The van der Waals surface area contributed by atoms with Crippen molar-refractivity contribution in [1.82, 2.24) is 10.1 Å². The summed E-state index contributed by atoms with van der Waals surface area (Å²) in [4.78, 5) is 3.99. The monoisotopic (exact) mass is 194 g/mol. The van der Waals surface area contributed by atoms with Gasteiger partial charge in [0.05, 0.1) is 5.56 Å². The Labute approximate surface area is 80.4 Å². The fourth-order valence-electron chi connectivity index (χ4n) is 1.27. The van der Waals surface area contributed by atoms with Gasteiger partial charge in [0, 0.05) is 0 Å². The van der Waals surface area contributed by atoms with Gasteiger partial charge in [-0.3, -0.25) is 0 Å². The van der Waals surface area contributed by atoms with Crippen LogP contribution in [0.25, 0.3) is 11.5 Å². The van der Waals surface area contributed by atoms with Crippen LogP contribution in [0, 0.1) is 13.8 Å². The van der Waals surface area contributed by atoms with E-state index in [1.54, 1.807) is 0 Å². The molecular formula is C9H10N2O3. The van der Waals surface area contributed by atoms with Crippen LogP contribution in [0.2, 0.25) is 0 Å². The normalized spacial score (nSPS) is 10.8. The van der Waals surface area contributed by atoms with Gasteiger partial charge in [-0.05, 0) is 19.9 Å². The molecule has 0 aliphatic rings. The third-order valence-corrected chi connectivity index (χ3v) is 1.88. The number of aliphatic hydroxyl groups excluding tert-OH is 1. The topological polar surface area (TPSA) is 72.3 Å². The quantitative estimate of drug-likeness (QED) is 0.783. The van der Waals surface area contributed by atoms with Crippen LogP contribution in [0.4, 0.5) is 0 Å². The zero-order chi connectivity index (χ0) is 10.1. The smallest absolute Gasteiger partial charge is 0.261 e. The van der Waals surface area contributed by atoms with Crippen LogP contribution in [-0.4, -0.2) is 15.2 Å². The van der Waals surface area contributed by atoms with Crippen LogP contribution in [0.5, 0.6) is 0 Å². The van der Waals surface area contributed by atoms with Crippen molar-refractivity contribution < 1.29 is 14.0 Å². The SMILES string of the molecule is Cc1cc(-c2nc(CO)no2)c(C)o1. The molecule has 0 unspecified atom stereocenters. The van der Waals surface area contributed by atoms with Crippen LogP contribution < -0.4 is 0 Å². The molecule has 0 saturated carbocycles. The molecule has 0 fully saturated rings. The van der Waals surface area contributed by atoms with E-state index < -0.39 is 0 Å². The summed E-state index contributed by atoms with van der Waals surface area (Å²) >= 11 is 0. The molecule has 0 aliphatic heterocycles. The van der Waals surface area contributed by atoms with E-state index in [4.69, 9.17) is 14.0 Å². The van der Waals surface area contributed by atoms with E-state index in [1.807, 2.05) is 19.9 Å². The van der Waals surface area contributed by atoms with Crippen molar-refractivity contribution in [3.8, 4) is 11.5 Å². The van der Waals surface area contributed by atoms with E-state index in [2.05, 4.69) is 10.1 Å². The zero-order valence-electron chi connectivity index (χ0n) is 7.94. The number of hydrogen-bond acceptors (Lipinski definition) is 5. The van der Waals surface area contributed by atoms with Crippen LogP contribution in [0.3, 0.4) is 0 Å². The summed E-state index contributed by atoms with van der Waals surface area (Å²) in [6, 6.07) is 1.82. The third-order valence-electron chi connectivity index (χ3n) is 1.88. The lowest BCUT2D eigenvalue weighted by Gasteiger charge is -1.87. The molecule has 0 saturated heterocycles. The first-order valence-electron chi connectivity index (χ1n) is 4.21. The largest absolute Gasteiger partial charge is 0.466 e. The summed E-state index contributed by atoms with van der Waals surface area (Å²) in [7, 11) is 0. The minimum absolute atomic E-state index is 0.223. The highest BCUT2D eigenvalue weighted by Gasteiger charge is 2.13. The Morgan fingerprint density at radius 1 is 1.43 bits per heavy atom. The molecule has 0 aliphatic carbocycles. The van der Waals surface area contributed by atoms with Gasteiger partial charge in [-0.25, -0.2) is 0 Å². The van der Waals surface area contributed by atoms with Gasteiger partial charge in [-0.15, -0.1) is 0 Å². The van der Waals surface area contributed by atoms with E-state index in [9.17, 15) is 0 Å². The Hall–Kier alpha value is -1.62. The van der Waals surface area contributed by atoms with Crippen molar-refractivity contribution in [2.75, 3.05) is 0 Å². The lowest BCUT2D eigenvalue weighted by molar-refractivity contribution is 0.264. The van der Waals surface area contributed by atoms with Crippen molar-refractivity contribution in [2.45, 2.75) is 20.5 Å². The maximum Gasteiger partial charge on any atom is 0.261 e. The van der Waals surface area contributed by atoms with E-state index >= 15 is 0 Å². The minimum Gasteiger partial charge on any atom is -0.466 e. The van der Waals surface area contributed by atoms with Gasteiger partial charge < -0.3 is 14.0 Å². The van der Waals surface area contributed by atoms with E-state index in [-0.39, 0.29) is 12.4 Å². The van der Waals surface area contributed by atoms with Crippen LogP contribution in [0.15, 0.2) is 15.0 Å². The maximum absolute atomic E-state index is 8.76. The predicted octanol–water partition coefficient (Wildman–Crippen LogP) is 1.44. The Morgan fingerprint density at radius 3 is 2.71 bits per heavy atom. The molecule has 2 rings (SSSR count). The highest BCUT2D eigenvalue weighted by Crippen LogP contribution is 2.24. The first-order valence-corrected chi connectivity index (χ1v) is 4.21. The fourth-order valence-corrected chi connectivity index (χ4v) is 1.27. The molecule has 74 valence electrons. The van der Waals surface area contributed by atoms with Crippen molar-refractivity contribution in [3.63, 3.8) is 0 Å². The molecule has 0 radical (unpaired) electrons. The number of furan rings is 1. The molecule has 2 heterocycles. The van der Waals surface area contributed by atoms with E-state index in [0.717, 1.165) is 17.1 Å². The molecule has 1 N–H and O–H groups in total. The summed E-state index contributed by atoms with van der Waals surface area (Å²) < 4.78 is 10.3. The number of nitrogens with zero attached hydrogens (tertiary/aromatic N) is 2. The van der Waals surface area contributed by atoms with Gasteiger partial charge in [0.15, 0.2) is 5.82 Å². The molecule has 0 bridgehead atoms. The van der Waals surface area contributed by atoms with Gasteiger partial charge in [0.1, 0.15) is 18.1 Å². The number of aryl methyl sites for hydroxylation is 2. The molecule has 14 heavy (non-hydrogen) atoms. The zero-order valence-corrected chi connectivity index (χ0v) is 7.94. The highest BCUT2D eigenvalue weighted by atomic mass is 16.5. The molecule has 0 atom stereocenters.